The molecule has 1 aliphatic rings. The minimum absolute atomic E-state index is 0.238. The normalized spacial score (nSPS) is 16.6. The van der Waals surface area contributed by atoms with Crippen LogP contribution in [0.2, 0.25) is 0 Å². The topological polar surface area (TPSA) is 12.5 Å². The molecule has 0 N–H and O–H groups in total. The first-order valence-electron chi connectivity index (χ1n) is 8.96. The summed E-state index contributed by atoms with van der Waals surface area (Å²) < 4.78 is 6.10. The van der Waals surface area contributed by atoms with Gasteiger partial charge in [-0.1, -0.05) is 39.8 Å². The quantitative estimate of drug-likeness (QED) is 0.735. The van der Waals surface area contributed by atoms with Crippen LogP contribution in [-0.4, -0.2) is 31.1 Å². The van der Waals surface area contributed by atoms with E-state index in [1.54, 1.807) is 0 Å². The molecule has 0 aliphatic carbocycles. The Labute approximate surface area is 137 Å². The zero-order valence-corrected chi connectivity index (χ0v) is 15.6. The molecule has 0 atom stereocenters. The zero-order chi connectivity index (χ0) is 16.7. The summed E-state index contributed by atoms with van der Waals surface area (Å²) in [6.07, 6.45) is 2.72. The van der Waals surface area contributed by atoms with Crippen molar-refractivity contribution in [3.05, 3.63) is 29.3 Å². The molecule has 1 aromatic rings. The highest BCUT2D eigenvalue weighted by molar-refractivity contribution is 5.41. The van der Waals surface area contributed by atoms with Gasteiger partial charge in [-0.15, -0.1) is 0 Å². The molecule has 2 nitrogen and oxygen atoms in total. The van der Waals surface area contributed by atoms with E-state index in [0.717, 1.165) is 5.75 Å². The van der Waals surface area contributed by atoms with Gasteiger partial charge in [0.25, 0.3) is 0 Å². The Bertz CT molecular complexity index is 431. The minimum Gasteiger partial charge on any atom is -0.491 e. The van der Waals surface area contributed by atoms with E-state index in [9.17, 15) is 0 Å². The van der Waals surface area contributed by atoms with E-state index in [2.05, 4.69) is 57.8 Å². The standard InChI is InChI=1S/C18H29NO.C2H6/c1-13(2)16-6-7-17(18(12-16)20-14(3)4)15-8-10-19(5)11-9-15;1-2/h6-7,12-15H,8-11H2,1-5H3;1-2H3. The fraction of sp³-hybridized carbons (Fsp3) is 0.700. The molecular weight excluding hydrogens is 270 g/mol. The Kier molecular flexibility index (Phi) is 7.95. The number of benzene rings is 1. The number of ether oxygens (including phenoxy) is 1. The molecule has 0 saturated carbocycles. The number of likely N-dealkylation sites (tertiary alicyclic amines) is 1. The number of rotatable bonds is 4. The first kappa shape index (κ1) is 19.0. The third kappa shape index (κ3) is 5.31. The third-order valence-electron chi connectivity index (χ3n) is 4.23. The molecule has 0 radical (unpaired) electrons. The average molecular weight is 306 g/mol. The molecule has 126 valence electrons. The van der Waals surface area contributed by atoms with E-state index in [-0.39, 0.29) is 6.10 Å². The summed E-state index contributed by atoms with van der Waals surface area (Å²) in [6, 6.07) is 6.85. The van der Waals surface area contributed by atoms with E-state index < -0.39 is 0 Å². The smallest absolute Gasteiger partial charge is 0.123 e. The van der Waals surface area contributed by atoms with Crippen molar-refractivity contribution >= 4 is 0 Å². The van der Waals surface area contributed by atoms with Crippen LogP contribution in [0.25, 0.3) is 0 Å². The zero-order valence-electron chi connectivity index (χ0n) is 15.6. The van der Waals surface area contributed by atoms with Gasteiger partial charge in [-0.05, 0) is 75.9 Å². The van der Waals surface area contributed by atoms with Crippen LogP contribution in [-0.2, 0) is 0 Å². The predicted molar refractivity (Wildman–Crippen MR) is 97.1 cm³/mol. The second kappa shape index (κ2) is 9.19. The molecule has 0 aromatic heterocycles. The van der Waals surface area contributed by atoms with Crippen LogP contribution in [0.1, 0.15) is 77.3 Å². The Morgan fingerprint density at radius 1 is 1.05 bits per heavy atom. The predicted octanol–water partition coefficient (Wildman–Crippen LogP) is 5.43. The van der Waals surface area contributed by atoms with Gasteiger partial charge in [0.05, 0.1) is 6.10 Å². The Hall–Kier alpha value is -1.02. The second-order valence-electron chi connectivity index (χ2n) is 6.70. The molecule has 1 saturated heterocycles. The van der Waals surface area contributed by atoms with Crippen molar-refractivity contribution in [2.75, 3.05) is 20.1 Å². The summed E-state index contributed by atoms with van der Waals surface area (Å²) in [4.78, 5) is 2.42. The van der Waals surface area contributed by atoms with Gasteiger partial charge in [0.2, 0.25) is 0 Å². The van der Waals surface area contributed by atoms with Gasteiger partial charge in [0.1, 0.15) is 5.75 Å². The van der Waals surface area contributed by atoms with Gasteiger partial charge >= 0.3 is 0 Å². The van der Waals surface area contributed by atoms with Gasteiger partial charge in [-0.3, -0.25) is 0 Å². The number of hydrogen-bond donors (Lipinski definition) is 0. The summed E-state index contributed by atoms with van der Waals surface area (Å²) in [7, 11) is 2.21. The molecule has 2 heteroatoms. The molecule has 22 heavy (non-hydrogen) atoms. The summed E-state index contributed by atoms with van der Waals surface area (Å²) in [5.74, 6) is 2.32. The van der Waals surface area contributed by atoms with Gasteiger partial charge in [0.15, 0.2) is 0 Å². The van der Waals surface area contributed by atoms with Crippen LogP contribution in [0.5, 0.6) is 5.75 Å². The summed E-state index contributed by atoms with van der Waals surface area (Å²) >= 11 is 0. The van der Waals surface area contributed by atoms with Crippen molar-refractivity contribution in [3.63, 3.8) is 0 Å². The molecule has 1 aromatic carbocycles. The maximum absolute atomic E-state index is 6.10. The van der Waals surface area contributed by atoms with Gasteiger partial charge in [-0.25, -0.2) is 0 Å². The fourth-order valence-corrected chi connectivity index (χ4v) is 2.92. The summed E-state index contributed by atoms with van der Waals surface area (Å²) in [5, 5.41) is 0. The number of hydrogen-bond acceptors (Lipinski definition) is 2. The van der Waals surface area contributed by atoms with Crippen LogP contribution < -0.4 is 4.74 Å². The lowest BCUT2D eigenvalue weighted by Crippen LogP contribution is -2.29. The Balaban J connectivity index is 0.00000116. The Morgan fingerprint density at radius 2 is 1.64 bits per heavy atom. The van der Waals surface area contributed by atoms with E-state index in [1.807, 2.05) is 13.8 Å². The monoisotopic (exact) mass is 305 g/mol. The van der Waals surface area contributed by atoms with Gasteiger partial charge in [0, 0.05) is 0 Å². The van der Waals surface area contributed by atoms with Gasteiger partial charge < -0.3 is 9.64 Å². The van der Waals surface area contributed by atoms with Gasteiger partial charge in [-0.2, -0.15) is 0 Å². The molecule has 1 heterocycles. The molecule has 1 fully saturated rings. The molecule has 0 amide bonds. The number of piperidine rings is 1. The molecule has 0 bridgehead atoms. The largest absolute Gasteiger partial charge is 0.491 e. The maximum atomic E-state index is 6.10. The molecule has 2 rings (SSSR count). The van der Waals surface area contributed by atoms with Crippen molar-refractivity contribution in [1.82, 2.24) is 4.90 Å². The lowest BCUT2D eigenvalue weighted by molar-refractivity contribution is 0.226. The van der Waals surface area contributed by atoms with E-state index in [1.165, 1.54) is 37.1 Å². The van der Waals surface area contributed by atoms with Crippen LogP contribution in [0.15, 0.2) is 18.2 Å². The minimum atomic E-state index is 0.238. The van der Waals surface area contributed by atoms with E-state index >= 15 is 0 Å². The molecular formula is C20H35NO. The number of nitrogens with zero attached hydrogens (tertiary/aromatic N) is 1. The van der Waals surface area contributed by atoms with Crippen LogP contribution in [0.4, 0.5) is 0 Å². The molecule has 0 spiro atoms. The van der Waals surface area contributed by atoms with Crippen LogP contribution >= 0.6 is 0 Å². The van der Waals surface area contributed by atoms with E-state index in [4.69, 9.17) is 4.74 Å². The summed E-state index contributed by atoms with van der Waals surface area (Å²) in [6.45, 7) is 15.1. The third-order valence-corrected chi connectivity index (χ3v) is 4.23. The lowest BCUT2D eigenvalue weighted by Gasteiger charge is -2.30. The maximum Gasteiger partial charge on any atom is 0.123 e. The van der Waals surface area contributed by atoms with Crippen LogP contribution in [0, 0.1) is 0 Å². The van der Waals surface area contributed by atoms with E-state index in [0.29, 0.717) is 11.8 Å². The highest BCUT2D eigenvalue weighted by Crippen LogP contribution is 2.36. The van der Waals surface area contributed by atoms with Crippen molar-refractivity contribution in [1.29, 1.82) is 0 Å². The molecule has 0 unspecified atom stereocenters. The SMILES string of the molecule is CC.CC(C)Oc1cc(C(C)C)ccc1C1CCN(C)CC1. The molecule has 1 aliphatic heterocycles. The Morgan fingerprint density at radius 3 is 2.14 bits per heavy atom. The first-order chi connectivity index (χ1) is 10.5. The van der Waals surface area contributed by atoms with Crippen molar-refractivity contribution in [2.45, 2.75) is 72.3 Å². The lowest BCUT2D eigenvalue weighted by atomic mass is 9.87. The first-order valence-corrected chi connectivity index (χ1v) is 8.96. The summed E-state index contributed by atoms with van der Waals surface area (Å²) in [5.41, 5.74) is 2.79. The highest BCUT2D eigenvalue weighted by Gasteiger charge is 2.22. The van der Waals surface area contributed by atoms with Crippen molar-refractivity contribution < 1.29 is 4.74 Å². The second-order valence-corrected chi connectivity index (χ2v) is 6.70. The van der Waals surface area contributed by atoms with Crippen molar-refractivity contribution in [3.8, 4) is 5.75 Å². The van der Waals surface area contributed by atoms with Crippen molar-refractivity contribution in [2.24, 2.45) is 0 Å². The fourth-order valence-electron chi connectivity index (χ4n) is 2.92. The highest BCUT2D eigenvalue weighted by atomic mass is 16.5. The average Bonchev–Trinajstić information content (AvgIpc) is 2.49. The van der Waals surface area contributed by atoms with Crippen LogP contribution in [0.3, 0.4) is 0 Å².